The first-order chi connectivity index (χ1) is 16.1. The van der Waals surface area contributed by atoms with E-state index in [4.69, 9.17) is 27.8 Å². The molecule has 1 fully saturated rings. The van der Waals surface area contributed by atoms with E-state index in [0.717, 1.165) is 11.1 Å². The summed E-state index contributed by atoms with van der Waals surface area (Å²) in [5.41, 5.74) is 2.57. The Bertz CT molecular complexity index is 1140. The van der Waals surface area contributed by atoms with Crippen molar-refractivity contribution < 1.29 is 22.6 Å². The minimum absolute atomic E-state index is 0.128. The maximum atomic E-state index is 13.2. The maximum absolute atomic E-state index is 13.2. The highest BCUT2D eigenvalue weighted by atomic mass is 35.5. The Morgan fingerprint density at radius 2 is 1.38 bits per heavy atom. The molecule has 1 heterocycles. The molecule has 180 valence electrons. The van der Waals surface area contributed by atoms with Crippen LogP contribution in [-0.2, 0) is 19.7 Å². The van der Waals surface area contributed by atoms with Crippen LogP contribution in [0.25, 0.3) is 12.2 Å². The molecule has 1 aliphatic heterocycles. The molecule has 0 aromatic heterocycles. The second-order valence-electron chi connectivity index (χ2n) is 7.67. The molecule has 1 saturated heterocycles. The van der Waals surface area contributed by atoms with E-state index in [-0.39, 0.29) is 42.7 Å². The van der Waals surface area contributed by atoms with Gasteiger partial charge in [-0.15, -0.1) is 0 Å². The summed E-state index contributed by atoms with van der Waals surface area (Å²) in [6.45, 7) is 0.349. The monoisotopic (exact) mass is 539 g/mol. The molecule has 0 saturated carbocycles. The predicted octanol–water partition coefficient (Wildman–Crippen LogP) is 4.88. The number of halogens is 2. The van der Waals surface area contributed by atoms with E-state index in [1.165, 1.54) is 11.8 Å². The quantitative estimate of drug-likeness (QED) is 0.292. The highest BCUT2D eigenvalue weighted by Crippen LogP contribution is 2.24. The first-order valence-corrected chi connectivity index (χ1v) is 13.9. The van der Waals surface area contributed by atoms with Crippen LogP contribution in [0.3, 0.4) is 0 Å². The van der Waals surface area contributed by atoms with Gasteiger partial charge in [-0.1, -0.05) is 47.5 Å². The topological polar surface area (TPSA) is 91.8 Å². The Morgan fingerprint density at radius 1 is 0.912 bits per heavy atom. The highest BCUT2D eigenvalue weighted by molar-refractivity contribution is 8.00. The normalized spacial score (nSPS) is 16.9. The number of benzene rings is 2. The number of thioether (sulfide) groups is 1. The number of amides is 1. The summed E-state index contributed by atoms with van der Waals surface area (Å²) in [5, 5.41) is 1.17. The van der Waals surface area contributed by atoms with E-state index in [9.17, 15) is 18.0 Å². The van der Waals surface area contributed by atoms with Gasteiger partial charge in [-0.05, 0) is 47.5 Å². The van der Waals surface area contributed by atoms with Gasteiger partial charge < -0.3 is 4.90 Å². The minimum atomic E-state index is -4.02. The van der Waals surface area contributed by atoms with Crippen molar-refractivity contribution in [1.29, 1.82) is 0 Å². The molecule has 0 radical (unpaired) electrons. The van der Waals surface area contributed by atoms with Crippen LogP contribution in [0.5, 0.6) is 0 Å². The van der Waals surface area contributed by atoms with Gasteiger partial charge in [0.25, 0.3) is 10.1 Å². The van der Waals surface area contributed by atoms with E-state index in [1.54, 1.807) is 65.6 Å². The van der Waals surface area contributed by atoms with Crippen molar-refractivity contribution in [3.63, 3.8) is 0 Å². The molecule has 34 heavy (non-hydrogen) atoms. The summed E-state index contributed by atoms with van der Waals surface area (Å²) < 4.78 is 30.5. The molecule has 1 aliphatic rings. The summed E-state index contributed by atoms with van der Waals surface area (Å²) in [7, 11) is -4.02. The third-order valence-corrected chi connectivity index (χ3v) is 7.49. The zero-order valence-corrected chi connectivity index (χ0v) is 21.3. The third kappa shape index (κ3) is 8.29. The van der Waals surface area contributed by atoms with Gasteiger partial charge in [0.05, 0.1) is 5.75 Å². The molecule has 2 aromatic rings. The van der Waals surface area contributed by atoms with Crippen LogP contribution in [0.1, 0.15) is 17.5 Å². The number of likely N-dealkylation sites (tertiary alicyclic amines) is 1. The van der Waals surface area contributed by atoms with Gasteiger partial charge in [0.1, 0.15) is 0 Å². The molecule has 6 nitrogen and oxygen atoms in total. The average Bonchev–Trinajstić information content (AvgIpc) is 2.78. The molecule has 2 aromatic carbocycles. The molecule has 10 heteroatoms. The molecule has 0 spiro atoms. The standard InChI is InChI=1S/C24H23Cl2NO5S2/c25-21-5-1-17(2-6-21)13-19-15-27(23(28)9-10-33-11-12-34(30,31)32)16-20(24(19)29)14-18-3-7-22(26)8-4-18/h1-8,13-14H,9-12,15-16H2,(H,30,31,32)/b19-13+,20-14+. The first kappa shape index (κ1) is 26.5. The Hall–Kier alpha value is -2.10. The lowest BCUT2D eigenvalue weighted by Crippen LogP contribution is -2.41. The first-order valence-electron chi connectivity index (χ1n) is 10.4. The van der Waals surface area contributed by atoms with Crippen LogP contribution in [-0.4, -0.2) is 59.9 Å². The SMILES string of the molecule is O=C1/C(=C/c2ccc(Cl)cc2)CN(C(=O)CCSCCS(=O)(=O)O)C/C1=C\c1ccc(Cl)cc1. The van der Waals surface area contributed by atoms with Crippen molar-refractivity contribution in [3.8, 4) is 0 Å². The van der Waals surface area contributed by atoms with Crippen LogP contribution in [0.2, 0.25) is 10.0 Å². The number of hydrogen-bond acceptors (Lipinski definition) is 5. The van der Waals surface area contributed by atoms with Crippen LogP contribution in [0, 0.1) is 0 Å². The molecule has 0 aliphatic carbocycles. The van der Waals surface area contributed by atoms with Gasteiger partial charge in [0.2, 0.25) is 5.91 Å². The number of ketones is 1. The van der Waals surface area contributed by atoms with Crippen molar-refractivity contribution in [2.75, 3.05) is 30.3 Å². The number of hydrogen-bond donors (Lipinski definition) is 1. The van der Waals surface area contributed by atoms with Gasteiger partial charge in [0, 0.05) is 52.2 Å². The Labute approximate surface area is 213 Å². The maximum Gasteiger partial charge on any atom is 0.265 e. The van der Waals surface area contributed by atoms with Crippen molar-refractivity contribution >= 4 is 68.9 Å². The van der Waals surface area contributed by atoms with Crippen LogP contribution in [0.4, 0.5) is 0 Å². The summed E-state index contributed by atoms with van der Waals surface area (Å²) in [4.78, 5) is 27.7. The van der Waals surface area contributed by atoms with Gasteiger partial charge in [-0.3, -0.25) is 14.1 Å². The van der Waals surface area contributed by atoms with Gasteiger partial charge in [-0.2, -0.15) is 20.2 Å². The van der Waals surface area contributed by atoms with Crippen LogP contribution in [0.15, 0.2) is 59.7 Å². The van der Waals surface area contributed by atoms with Gasteiger partial charge in [0.15, 0.2) is 5.78 Å². The number of Topliss-reactive ketones (excluding diaryl/α,β-unsaturated/α-hetero) is 1. The van der Waals surface area contributed by atoms with Crippen molar-refractivity contribution in [1.82, 2.24) is 4.90 Å². The zero-order chi connectivity index (χ0) is 24.7. The second-order valence-corrected chi connectivity index (χ2v) is 11.3. The number of piperidine rings is 1. The number of nitrogens with zero attached hydrogens (tertiary/aromatic N) is 1. The van der Waals surface area contributed by atoms with E-state index in [0.29, 0.717) is 26.9 Å². The Balaban J connectivity index is 1.78. The summed E-state index contributed by atoms with van der Waals surface area (Å²) in [6, 6.07) is 14.2. The minimum Gasteiger partial charge on any atom is -0.334 e. The fourth-order valence-corrected chi connectivity index (χ4v) is 5.41. The number of rotatable bonds is 8. The second kappa shape index (κ2) is 12.0. The molecular formula is C24H23Cl2NO5S2. The van der Waals surface area contributed by atoms with E-state index < -0.39 is 10.1 Å². The predicted molar refractivity (Wildman–Crippen MR) is 139 cm³/mol. The number of carbonyl (C=O) groups excluding carboxylic acids is 2. The van der Waals surface area contributed by atoms with E-state index in [1.807, 2.05) is 0 Å². The Morgan fingerprint density at radius 3 is 1.82 bits per heavy atom. The molecule has 1 N–H and O–H groups in total. The van der Waals surface area contributed by atoms with E-state index >= 15 is 0 Å². The van der Waals surface area contributed by atoms with Crippen LogP contribution < -0.4 is 0 Å². The summed E-state index contributed by atoms with van der Waals surface area (Å²) in [5.74, 6) is -0.0157. The molecule has 0 atom stereocenters. The van der Waals surface area contributed by atoms with E-state index in [2.05, 4.69) is 0 Å². The molecule has 0 unspecified atom stereocenters. The average molecular weight is 540 g/mol. The molecule has 0 bridgehead atoms. The van der Waals surface area contributed by atoms with Crippen LogP contribution >= 0.6 is 35.0 Å². The van der Waals surface area contributed by atoms with Crippen molar-refractivity contribution in [2.24, 2.45) is 0 Å². The highest BCUT2D eigenvalue weighted by Gasteiger charge is 2.28. The Kier molecular flexibility index (Phi) is 9.39. The largest absolute Gasteiger partial charge is 0.334 e. The van der Waals surface area contributed by atoms with Gasteiger partial charge >= 0.3 is 0 Å². The van der Waals surface area contributed by atoms with Gasteiger partial charge in [-0.25, -0.2) is 0 Å². The molecule has 1 amide bonds. The zero-order valence-electron chi connectivity index (χ0n) is 18.1. The summed E-state index contributed by atoms with van der Waals surface area (Å²) >= 11 is 13.2. The lowest BCUT2D eigenvalue weighted by molar-refractivity contribution is -0.130. The smallest absolute Gasteiger partial charge is 0.265 e. The van der Waals surface area contributed by atoms with Crippen molar-refractivity contribution in [2.45, 2.75) is 6.42 Å². The molecular weight excluding hydrogens is 517 g/mol. The lowest BCUT2D eigenvalue weighted by atomic mass is 9.94. The lowest BCUT2D eigenvalue weighted by Gasteiger charge is -2.30. The fraction of sp³-hybridized carbons (Fsp3) is 0.250. The fourth-order valence-electron chi connectivity index (χ4n) is 3.32. The number of carbonyl (C=O) groups is 2. The van der Waals surface area contributed by atoms with Crippen molar-refractivity contribution in [3.05, 3.63) is 80.8 Å². The third-order valence-electron chi connectivity index (χ3n) is 5.03. The summed E-state index contributed by atoms with van der Waals surface area (Å²) in [6.07, 6.45) is 3.70. The molecule has 3 rings (SSSR count).